The molecule has 0 bridgehead atoms. The van der Waals surface area contributed by atoms with E-state index in [1.807, 2.05) is 0 Å². The lowest BCUT2D eigenvalue weighted by molar-refractivity contribution is -0.161. The summed E-state index contributed by atoms with van der Waals surface area (Å²) >= 11 is 0. The minimum absolute atomic E-state index is 0.109. The van der Waals surface area contributed by atoms with Gasteiger partial charge in [0.15, 0.2) is 12.2 Å². The van der Waals surface area contributed by atoms with Gasteiger partial charge in [-0.05, 0) is 31.6 Å². The standard InChI is InChI=1S/C82H160O17P2/c1-6-9-12-15-18-21-24-26-32-37-41-46-51-56-61-66-80(85)93-72-78(99-82(87)68-63-58-53-48-43-38-34-31-29-28-30-33-35-40-44-49-54-59-64-75(4)5)74-97-101(90,91)95-70-76(83)69-94-100(88,89)96-73-77(71-92-79(84)65-60-55-50-45-39-23-20-17-14-11-8-3)98-81(86)67-62-57-52-47-42-36-27-25-22-19-16-13-10-7-2/h75-78,83H,6-74H2,1-5H3,(H,88,89)(H,90,91)/t76-,77+,78+/m0/s1. The maximum absolute atomic E-state index is 13.1. The highest BCUT2D eigenvalue weighted by Crippen LogP contribution is 2.45. The van der Waals surface area contributed by atoms with E-state index < -0.39 is 97.5 Å². The number of hydrogen-bond acceptors (Lipinski definition) is 15. The maximum Gasteiger partial charge on any atom is 0.472 e. The van der Waals surface area contributed by atoms with Crippen LogP contribution in [0.25, 0.3) is 0 Å². The first-order valence-corrected chi connectivity index (χ1v) is 45.6. The number of unbranched alkanes of at least 4 members (excludes halogenated alkanes) is 54. The van der Waals surface area contributed by atoms with Crippen molar-refractivity contribution in [1.29, 1.82) is 0 Å². The van der Waals surface area contributed by atoms with Crippen molar-refractivity contribution in [2.75, 3.05) is 39.6 Å². The van der Waals surface area contributed by atoms with Crippen LogP contribution in [0, 0.1) is 5.92 Å². The van der Waals surface area contributed by atoms with Crippen molar-refractivity contribution < 1.29 is 80.2 Å². The van der Waals surface area contributed by atoms with Gasteiger partial charge in [-0.1, -0.05) is 388 Å². The molecule has 600 valence electrons. The number of carbonyl (C=O) groups is 4. The normalized spacial score (nSPS) is 13.8. The Kier molecular flexibility index (Phi) is 73.5. The van der Waals surface area contributed by atoms with E-state index in [2.05, 4.69) is 34.6 Å². The molecule has 5 atom stereocenters. The Hall–Kier alpha value is -1.94. The van der Waals surface area contributed by atoms with Gasteiger partial charge in [-0.25, -0.2) is 9.13 Å². The zero-order valence-corrected chi connectivity index (χ0v) is 67.8. The number of hydrogen-bond donors (Lipinski definition) is 3. The quantitative estimate of drug-likeness (QED) is 0.0222. The lowest BCUT2D eigenvalue weighted by atomic mass is 10.0. The molecule has 0 aromatic rings. The Bertz CT molecular complexity index is 1930. The van der Waals surface area contributed by atoms with E-state index in [0.717, 1.165) is 95.8 Å². The molecule has 0 aliphatic carbocycles. The molecule has 3 N–H and O–H groups in total. The van der Waals surface area contributed by atoms with Crippen molar-refractivity contribution in [1.82, 2.24) is 0 Å². The summed E-state index contributed by atoms with van der Waals surface area (Å²) in [6.07, 6.45) is 66.5. The van der Waals surface area contributed by atoms with Gasteiger partial charge >= 0.3 is 39.5 Å². The fourth-order valence-electron chi connectivity index (χ4n) is 12.8. The largest absolute Gasteiger partial charge is 0.472 e. The fourth-order valence-corrected chi connectivity index (χ4v) is 14.3. The number of aliphatic hydroxyl groups is 1. The predicted molar refractivity (Wildman–Crippen MR) is 414 cm³/mol. The number of rotatable bonds is 82. The fraction of sp³-hybridized carbons (Fsp3) is 0.951. The minimum atomic E-state index is -4.96. The summed E-state index contributed by atoms with van der Waals surface area (Å²) < 4.78 is 68.8. The summed E-state index contributed by atoms with van der Waals surface area (Å²) in [6, 6.07) is 0. The number of carbonyl (C=O) groups excluding carboxylic acids is 4. The van der Waals surface area contributed by atoms with Crippen LogP contribution >= 0.6 is 15.6 Å². The monoisotopic (exact) mass is 1480 g/mol. The molecular formula is C82H160O17P2. The van der Waals surface area contributed by atoms with E-state index in [-0.39, 0.29) is 25.7 Å². The van der Waals surface area contributed by atoms with Crippen LogP contribution in [-0.2, 0) is 65.4 Å². The van der Waals surface area contributed by atoms with Gasteiger partial charge in [0.2, 0.25) is 0 Å². The molecule has 0 saturated heterocycles. The average molecular weight is 1480 g/mol. The van der Waals surface area contributed by atoms with E-state index in [0.29, 0.717) is 25.7 Å². The predicted octanol–water partition coefficient (Wildman–Crippen LogP) is 24.8. The van der Waals surface area contributed by atoms with Crippen molar-refractivity contribution in [3.05, 3.63) is 0 Å². The number of phosphoric ester groups is 2. The molecule has 0 aliphatic heterocycles. The van der Waals surface area contributed by atoms with Gasteiger partial charge in [-0.15, -0.1) is 0 Å². The first-order valence-electron chi connectivity index (χ1n) is 42.6. The topological polar surface area (TPSA) is 237 Å². The van der Waals surface area contributed by atoms with Gasteiger partial charge in [0.1, 0.15) is 19.3 Å². The molecule has 0 aromatic carbocycles. The van der Waals surface area contributed by atoms with Crippen LogP contribution in [0.4, 0.5) is 0 Å². The number of ether oxygens (including phenoxy) is 4. The van der Waals surface area contributed by atoms with Crippen LogP contribution in [0.5, 0.6) is 0 Å². The van der Waals surface area contributed by atoms with Gasteiger partial charge in [-0.3, -0.25) is 37.3 Å². The van der Waals surface area contributed by atoms with E-state index in [4.69, 9.17) is 37.0 Å². The molecule has 0 aromatic heterocycles. The zero-order chi connectivity index (χ0) is 74.1. The van der Waals surface area contributed by atoms with Crippen LogP contribution in [0.1, 0.15) is 439 Å². The number of esters is 4. The molecule has 0 amide bonds. The smallest absolute Gasteiger partial charge is 0.462 e. The molecular weight excluding hydrogens is 1320 g/mol. The van der Waals surface area contributed by atoms with Crippen LogP contribution in [0.2, 0.25) is 0 Å². The molecule has 17 nitrogen and oxygen atoms in total. The highest BCUT2D eigenvalue weighted by Gasteiger charge is 2.30. The molecule has 2 unspecified atom stereocenters. The highest BCUT2D eigenvalue weighted by molar-refractivity contribution is 7.47. The van der Waals surface area contributed by atoms with Crippen molar-refractivity contribution in [2.45, 2.75) is 457 Å². The minimum Gasteiger partial charge on any atom is -0.462 e. The second-order valence-electron chi connectivity index (χ2n) is 30.0. The summed E-state index contributed by atoms with van der Waals surface area (Å²) in [5, 5.41) is 10.6. The lowest BCUT2D eigenvalue weighted by Crippen LogP contribution is -2.30. The summed E-state index contributed by atoms with van der Waals surface area (Å²) in [5.41, 5.74) is 0. The van der Waals surface area contributed by atoms with E-state index in [1.165, 1.54) is 263 Å². The summed E-state index contributed by atoms with van der Waals surface area (Å²) in [4.78, 5) is 73.1. The molecule has 0 heterocycles. The van der Waals surface area contributed by atoms with Crippen LogP contribution in [0.15, 0.2) is 0 Å². The molecule has 101 heavy (non-hydrogen) atoms. The summed E-state index contributed by atoms with van der Waals surface area (Å²) in [7, 11) is -9.92. The molecule has 0 aliphatic rings. The molecule has 0 radical (unpaired) electrons. The third kappa shape index (κ3) is 76.1. The first-order chi connectivity index (χ1) is 49.0. The maximum atomic E-state index is 13.1. The van der Waals surface area contributed by atoms with Crippen molar-refractivity contribution in [3.8, 4) is 0 Å². The first kappa shape index (κ1) is 99.1. The van der Waals surface area contributed by atoms with Crippen LogP contribution < -0.4 is 0 Å². The van der Waals surface area contributed by atoms with E-state index in [9.17, 15) is 43.2 Å². The summed E-state index contributed by atoms with van der Waals surface area (Å²) in [5.74, 6) is -1.28. The molecule has 0 spiro atoms. The van der Waals surface area contributed by atoms with E-state index in [1.54, 1.807) is 0 Å². The van der Waals surface area contributed by atoms with Gasteiger partial charge in [-0.2, -0.15) is 0 Å². The molecule has 0 saturated carbocycles. The third-order valence-electron chi connectivity index (χ3n) is 19.3. The van der Waals surface area contributed by atoms with Gasteiger partial charge in [0, 0.05) is 25.7 Å². The molecule has 19 heteroatoms. The number of phosphoric acid groups is 2. The Morgan fingerprint density at radius 1 is 0.267 bits per heavy atom. The molecule has 0 fully saturated rings. The van der Waals surface area contributed by atoms with Crippen LogP contribution in [0.3, 0.4) is 0 Å². The van der Waals surface area contributed by atoms with Crippen LogP contribution in [-0.4, -0.2) is 96.7 Å². The van der Waals surface area contributed by atoms with Crippen molar-refractivity contribution in [3.63, 3.8) is 0 Å². The van der Waals surface area contributed by atoms with Gasteiger partial charge in [0.05, 0.1) is 26.4 Å². The third-order valence-corrected chi connectivity index (χ3v) is 21.2. The van der Waals surface area contributed by atoms with Crippen molar-refractivity contribution >= 4 is 39.5 Å². The number of aliphatic hydroxyl groups excluding tert-OH is 1. The second-order valence-corrected chi connectivity index (χ2v) is 32.9. The SMILES string of the molecule is CCCCCCCCCCCCCCCCCC(=O)OC[C@H](COP(=O)(O)OC[C@@H](O)COP(=O)(O)OC[C@@H](COC(=O)CCCCCCCCCCCCC)OC(=O)CCCCCCCCCCCCCCCC)OC(=O)CCCCCCCCCCCCCCCCCCCCC(C)C. The second kappa shape index (κ2) is 74.9. The summed E-state index contributed by atoms with van der Waals surface area (Å²) in [6.45, 7) is 7.38. The Morgan fingerprint density at radius 3 is 0.673 bits per heavy atom. The Balaban J connectivity index is 5.23. The Morgan fingerprint density at radius 2 is 0.455 bits per heavy atom. The van der Waals surface area contributed by atoms with Crippen molar-refractivity contribution in [2.24, 2.45) is 5.92 Å². The molecule has 0 rings (SSSR count). The zero-order valence-electron chi connectivity index (χ0n) is 66.1. The highest BCUT2D eigenvalue weighted by atomic mass is 31.2. The average Bonchev–Trinajstić information content (AvgIpc) is 0.996. The lowest BCUT2D eigenvalue weighted by Gasteiger charge is -2.21. The van der Waals surface area contributed by atoms with Gasteiger partial charge in [0.25, 0.3) is 0 Å². The van der Waals surface area contributed by atoms with Gasteiger partial charge < -0.3 is 33.8 Å². The van der Waals surface area contributed by atoms with E-state index >= 15 is 0 Å². The Labute approximate surface area is 619 Å².